The fourth-order valence-electron chi connectivity index (χ4n) is 2.27. The fourth-order valence-corrected chi connectivity index (χ4v) is 2.27. The number of nitrogens with zero attached hydrogens (tertiary/aromatic N) is 1. The van der Waals surface area contributed by atoms with Gasteiger partial charge in [-0.2, -0.15) is 5.06 Å². The van der Waals surface area contributed by atoms with Crippen molar-refractivity contribution in [2.24, 2.45) is 5.73 Å². The number of hydrogen-bond acceptors (Lipinski definition) is 3. The lowest BCUT2D eigenvalue weighted by Crippen LogP contribution is -2.42. The molecule has 3 N–H and O–H groups in total. The Morgan fingerprint density at radius 2 is 2.05 bits per heavy atom. The van der Waals surface area contributed by atoms with Gasteiger partial charge in [0, 0.05) is 13.0 Å². The van der Waals surface area contributed by atoms with Crippen molar-refractivity contribution in [3.05, 3.63) is 29.3 Å². The molecule has 1 aliphatic rings. The molecule has 0 radical (unpaired) electrons. The molecule has 2 rings (SSSR count). The van der Waals surface area contributed by atoms with Gasteiger partial charge >= 0.3 is 0 Å². The third kappa shape index (κ3) is 3.24. The number of nitrogens with two attached hydrogens (primary N) is 1. The van der Waals surface area contributed by atoms with Gasteiger partial charge in [-0.3, -0.25) is 5.41 Å². The predicted molar refractivity (Wildman–Crippen MR) is 75.0 cm³/mol. The third-order valence-corrected chi connectivity index (χ3v) is 3.22. The number of aryl methyl sites for hydroxylation is 2. The van der Waals surface area contributed by atoms with Gasteiger partial charge in [0.15, 0.2) is 6.29 Å². The number of ether oxygens (including phenoxy) is 1. The second kappa shape index (κ2) is 6.04. The number of nitrogens with one attached hydrogen (secondary N) is 1. The number of rotatable bonds is 3. The van der Waals surface area contributed by atoms with Crippen LogP contribution in [0.1, 0.15) is 30.4 Å². The molecular weight excluding hydrogens is 242 g/mol. The van der Waals surface area contributed by atoms with Crippen molar-refractivity contribution in [3.63, 3.8) is 0 Å². The summed E-state index contributed by atoms with van der Waals surface area (Å²) < 4.78 is 5.54. The van der Waals surface area contributed by atoms with E-state index >= 15 is 0 Å². The van der Waals surface area contributed by atoms with Crippen LogP contribution in [0.2, 0.25) is 0 Å². The second-order valence-corrected chi connectivity index (χ2v) is 4.82. The molecule has 1 saturated heterocycles. The molecule has 19 heavy (non-hydrogen) atoms. The predicted octanol–water partition coefficient (Wildman–Crippen LogP) is 2.46. The highest BCUT2D eigenvalue weighted by Gasteiger charge is 2.23. The number of guanidine groups is 1. The maximum atomic E-state index is 7.72. The molecule has 0 spiro atoms. The van der Waals surface area contributed by atoms with Crippen LogP contribution in [0.5, 0.6) is 0 Å². The van der Waals surface area contributed by atoms with E-state index in [2.05, 4.69) is 0 Å². The van der Waals surface area contributed by atoms with Gasteiger partial charge in [0.2, 0.25) is 5.96 Å². The van der Waals surface area contributed by atoms with Crippen molar-refractivity contribution < 1.29 is 9.57 Å². The Kier molecular flexibility index (Phi) is 4.39. The van der Waals surface area contributed by atoms with Crippen molar-refractivity contribution in [2.75, 3.05) is 11.7 Å². The summed E-state index contributed by atoms with van der Waals surface area (Å²) >= 11 is 0. The van der Waals surface area contributed by atoms with Crippen LogP contribution in [0.25, 0.3) is 0 Å². The van der Waals surface area contributed by atoms with Crippen molar-refractivity contribution in [3.8, 4) is 0 Å². The van der Waals surface area contributed by atoms with E-state index in [1.165, 1.54) is 5.06 Å². The maximum absolute atomic E-state index is 7.72. The Balaban J connectivity index is 2.22. The summed E-state index contributed by atoms with van der Waals surface area (Å²) in [5.74, 6) is -0.133. The molecule has 5 nitrogen and oxygen atoms in total. The van der Waals surface area contributed by atoms with Crippen LogP contribution in [0.3, 0.4) is 0 Å². The van der Waals surface area contributed by atoms with Crippen LogP contribution in [0, 0.1) is 19.3 Å². The molecule has 0 aromatic heterocycles. The van der Waals surface area contributed by atoms with Gasteiger partial charge in [-0.05, 0) is 37.8 Å². The van der Waals surface area contributed by atoms with Crippen LogP contribution in [0.15, 0.2) is 18.2 Å². The van der Waals surface area contributed by atoms with Crippen LogP contribution >= 0.6 is 0 Å². The van der Waals surface area contributed by atoms with Crippen LogP contribution < -0.4 is 10.8 Å². The number of para-hydroxylation sites is 1. The standard InChI is InChI=1S/C14H21N3O2/c1-10-6-5-7-11(2)13(10)17(14(15)16)19-12-8-3-4-9-18-12/h5-7,12H,3-4,8-9H2,1-2H3,(H3,15,16). The van der Waals surface area contributed by atoms with E-state index in [4.69, 9.17) is 20.7 Å². The molecule has 0 saturated carbocycles. The van der Waals surface area contributed by atoms with Crippen molar-refractivity contribution in [1.82, 2.24) is 0 Å². The molecule has 1 fully saturated rings. The molecule has 1 aromatic rings. The molecule has 0 amide bonds. The first kappa shape index (κ1) is 13.8. The smallest absolute Gasteiger partial charge is 0.217 e. The van der Waals surface area contributed by atoms with Gasteiger partial charge in [-0.15, -0.1) is 0 Å². The first-order valence-electron chi connectivity index (χ1n) is 6.58. The number of benzene rings is 1. The van der Waals surface area contributed by atoms with E-state index < -0.39 is 0 Å². The summed E-state index contributed by atoms with van der Waals surface area (Å²) in [6.07, 6.45) is 2.64. The fraction of sp³-hybridized carbons (Fsp3) is 0.500. The van der Waals surface area contributed by atoms with Gasteiger partial charge in [-0.25, -0.2) is 4.84 Å². The lowest BCUT2D eigenvalue weighted by Gasteiger charge is -2.31. The van der Waals surface area contributed by atoms with Gasteiger partial charge in [-0.1, -0.05) is 18.2 Å². The average molecular weight is 263 g/mol. The number of hydrogen-bond donors (Lipinski definition) is 2. The minimum Gasteiger partial charge on any atom is -0.368 e. The lowest BCUT2D eigenvalue weighted by molar-refractivity contribution is -0.161. The van der Waals surface area contributed by atoms with Gasteiger partial charge < -0.3 is 10.5 Å². The lowest BCUT2D eigenvalue weighted by atomic mass is 10.1. The van der Waals surface area contributed by atoms with Gasteiger partial charge in [0.1, 0.15) is 0 Å². The first-order valence-corrected chi connectivity index (χ1v) is 6.58. The molecule has 5 heteroatoms. The highest BCUT2D eigenvalue weighted by atomic mass is 16.8. The second-order valence-electron chi connectivity index (χ2n) is 4.82. The van der Waals surface area contributed by atoms with E-state index in [1.807, 2.05) is 32.0 Å². The Morgan fingerprint density at radius 3 is 2.58 bits per heavy atom. The zero-order valence-corrected chi connectivity index (χ0v) is 11.5. The highest BCUT2D eigenvalue weighted by Crippen LogP contribution is 2.26. The van der Waals surface area contributed by atoms with Crippen molar-refractivity contribution in [2.45, 2.75) is 39.4 Å². The molecule has 1 aliphatic heterocycles. The summed E-state index contributed by atoms with van der Waals surface area (Å²) in [5, 5.41) is 9.10. The maximum Gasteiger partial charge on any atom is 0.217 e. The molecule has 0 bridgehead atoms. The van der Waals surface area contributed by atoms with E-state index in [-0.39, 0.29) is 12.2 Å². The quantitative estimate of drug-likeness (QED) is 0.499. The monoisotopic (exact) mass is 263 g/mol. The highest BCUT2D eigenvalue weighted by molar-refractivity contribution is 5.92. The van der Waals surface area contributed by atoms with Crippen molar-refractivity contribution in [1.29, 1.82) is 5.41 Å². The minimum atomic E-state index is -0.323. The zero-order chi connectivity index (χ0) is 13.8. The van der Waals surface area contributed by atoms with Crippen molar-refractivity contribution >= 4 is 11.6 Å². The zero-order valence-electron chi connectivity index (χ0n) is 11.5. The molecule has 1 aromatic carbocycles. The Labute approximate surface area is 113 Å². The van der Waals surface area contributed by atoms with Crippen LogP contribution in [0.4, 0.5) is 5.69 Å². The Bertz CT molecular complexity index is 436. The SMILES string of the molecule is Cc1cccc(C)c1N(OC1CCCCO1)C(=N)N. The number of hydroxylamine groups is 1. The largest absolute Gasteiger partial charge is 0.368 e. The van der Waals surface area contributed by atoms with Gasteiger partial charge in [0.05, 0.1) is 5.69 Å². The molecule has 1 atom stereocenters. The summed E-state index contributed by atoms with van der Waals surface area (Å²) in [4.78, 5) is 5.76. The Morgan fingerprint density at radius 1 is 1.37 bits per heavy atom. The third-order valence-electron chi connectivity index (χ3n) is 3.22. The van der Waals surface area contributed by atoms with Gasteiger partial charge in [0.25, 0.3) is 0 Å². The molecular formula is C14H21N3O2. The molecule has 104 valence electrons. The molecule has 1 unspecified atom stereocenters. The summed E-state index contributed by atoms with van der Waals surface area (Å²) in [6, 6.07) is 5.93. The summed E-state index contributed by atoms with van der Waals surface area (Å²) in [5.41, 5.74) is 8.51. The minimum absolute atomic E-state index is 0.133. The molecule has 0 aliphatic carbocycles. The summed E-state index contributed by atoms with van der Waals surface area (Å²) in [6.45, 7) is 4.65. The van der Waals surface area contributed by atoms with Crippen LogP contribution in [-0.4, -0.2) is 18.9 Å². The van der Waals surface area contributed by atoms with Crippen LogP contribution in [-0.2, 0) is 9.57 Å². The van der Waals surface area contributed by atoms with E-state index in [9.17, 15) is 0 Å². The number of anilines is 1. The topological polar surface area (TPSA) is 71.6 Å². The first-order chi connectivity index (χ1) is 9.09. The Hall–Kier alpha value is -1.59. The average Bonchev–Trinajstić information content (AvgIpc) is 2.38. The van der Waals surface area contributed by atoms with E-state index in [0.29, 0.717) is 6.61 Å². The molecule has 1 heterocycles. The normalized spacial score (nSPS) is 19.2. The van der Waals surface area contributed by atoms with E-state index in [1.54, 1.807) is 0 Å². The summed E-state index contributed by atoms with van der Waals surface area (Å²) in [7, 11) is 0. The van der Waals surface area contributed by atoms with E-state index in [0.717, 1.165) is 36.1 Å².